The van der Waals surface area contributed by atoms with Crippen LogP contribution in [0.25, 0.3) is 10.9 Å². The first-order valence-electron chi connectivity index (χ1n) is 6.46. The molecule has 0 amide bonds. The Bertz CT molecular complexity index is 628. The number of aliphatic hydroxyl groups is 1. The molecule has 1 heterocycles. The lowest BCUT2D eigenvalue weighted by atomic mass is 10.1. The molecule has 0 spiro atoms. The molecule has 6 heteroatoms. The maximum atomic E-state index is 11.5. The molecule has 0 aliphatic carbocycles. The second-order valence-electron chi connectivity index (χ2n) is 4.77. The summed E-state index contributed by atoms with van der Waals surface area (Å²) < 4.78 is 0. The monoisotopic (exact) mass is 275 g/mol. The highest BCUT2D eigenvalue weighted by Crippen LogP contribution is 2.35. The van der Waals surface area contributed by atoms with Crippen molar-refractivity contribution in [3.05, 3.63) is 40.6 Å². The van der Waals surface area contributed by atoms with Gasteiger partial charge in [-0.1, -0.05) is 0 Å². The second-order valence-corrected chi connectivity index (χ2v) is 4.77. The first-order chi connectivity index (χ1) is 9.56. The number of fused-ring (bicyclic) bond motifs is 1. The number of hydrogen-bond donors (Lipinski definition) is 1. The van der Waals surface area contributed by atoms with Crippen molar-refractivity contribution in [1.29, 1.82) is 0 Å². The number of nitro groups is 1. The topological polar surface area (TPSA) is 79.5 Å². The fraction of sp³-hybridized carbons (Fsp3) is 0.357. The van der Waals surface area contributed by atoms with Gasteiger partial charge in [0.15, 0.2) is 0 Å². The highest BCUT2D eigenvalue weighted by molar-refractivity contribution is 5.94. The molecule has 0 atom stereocenters. The van der Waals surface area contributed by atoms with E-state index in [-0.39, 0.29) is 23.3 Å². The molecule has 1 aromatic carbocycles. The zero-order valence-electron chi connectivity index (χ0n) is 11.5. The number of benzene rings is 1. The average molecular weight is 275 g/mol. The molecule has 0 aliphatic heterocycles. The zero-order chi connectivity index (χ0) is 14.7. The van der Waals surface area contributed by atoms with Crippen LogP contribution in [-0.2, 0) is 0 Å². The maximum absolute atomic E-state index is 11.5. The number of nitrogens with zero attached hydrogens (tertiary/aromatic N) is 3. The van der Waals surface area contributed by atoms with Gasteiger partial charge in [-0.2, -0.15) is 0 Å². The molecule has 20 heavy (non-hydrogen) atoms. The summed E-state index contributed by atoms with van der Waals surface area (Å²) >= 11 is 0. The Morgan fingerprint density at radius 3 is 2.75 bits per heavy atom. The summed E-state index contributed by atoms with van der Waals surface area (Å²) in [4.78, 5) is 17.0. The van der Waals surface area contributed by atoms with Crippen LogP contribution in [0.15, 0.2) is 30.5 Å². The zero-order valence-corrected chi connectivity index (χ0v) is 11.5. The minimum atomic E-state index is -0.383. The molecule has 6 nitrogen and oxygen atoms in total. The van der Waals surface area contributed by atoms with E-state index in [0.717, 1.165) is 0 Å². The molecule has 2 aromatic rings. The van der Waals surface area contributed by atoms with Crippen molar-refractivity contribution in [2.45, 2.75) is 19.9 Å². The molecule has 0 aliphatic rings. The van der Waals surface area contributed by atoms with Crippen LogP contribution in [0.1, 0.15) is 13.8 Å². The maximum Gasteiger partial charge on any atom is 0.301 e. The number of nitro benzene ring substituents is 1. The van der Waals surface area contributed by atoms with Gasteiger partial charge in [0.25, 0.3) is 0 Å². The summed E-state index contributed by atoms with van der Waals surface area (Å²) in [5.74, 6) is 0. The van der Waals surface area contributed by atoms with Gasteiger partial charge in [0.2, 0.25) is 0 Å². The van der Waals surface area contributed by atoms with E-state index >= 15 is 0 Å². The van der Waals surface area contributed by atoms with Crippen molar-refractivity contribution in [3.8, 4) is 0 Å². The van der Waals surface area contributed by atoms with Gasteiger partial charge < -0.3 is 10.0 Å². The number of aliphatic hydroxyl groups excluding tert-OH is 1. The minimum absolute atomic E-state index is 0.0396. The lowest BCUT2D eigenvalue weighted by Gasteiger charge is -2.28. The third kappa shape index (κ3) is 2.55. The summed E-state index contributed by atoms with van der Waals surface area (Å²) in [6.07, 6.45) is 1.61. The van der Waals surface area contributed by atoms with E-state index in [1.165, 1.54) is 0 Å². The average Bonchev–Trinajstić information content (AvgIpc) is 2.43. The Labute approximate surface area is 116 Å². The van der Waals surface area contributed by atoms with Crippen LogP contribution in [-0.4, -0.2) is 34.2 Å². The lowest BCUT2D eigenvalue weighted by Crippen LogP contribution is -2.33. The Morgan fingerprint density at radius 1 is 1.40 bits per heavy atom. The van der Waals surface area contributed by atoms with Gasteiger partial charge in [-0.15, -0.1) is 0 Å². The van der Waals surface area contributed by atoms with Crippen molar-refractivity contribution in [3.63, 3.8) is 0 Å². The minimum Gasteiger partial charge on any atom is -0.395 e. The normalized spacial score (nSPS) is 11.0. The van der Waals surface area contributed by atoms with Gasteiger partial charge in [-0.25, -0.2) is 0 Å². The SMILES string of the molecule is CC(C)N(CCO)c1ccc2ncccc2c1[N+](=O)[O-]. The van der Waals surface area contributed by atoms with Crippen LogP contribution in [0.4, 0.5) is 11.4 Å². The summed E-state index contributed by atoms with van der Waals surface area (Å²) in [5.41, 5.74) is 1.15. The van der Waals surface area contributed by atoms with Crippen LogP contribution in [0.3, 0.4) is 0 Å². The standard InChI is InChI=1S/C14H17N3O3/c1-10(2)16(8-9-18)13-6-5-12-11(4-3-7-15-12)14(13)17(19)20/h3-7,10,18H,8-9H2,1-2H3. The van der Waals surface area contributed by atoms with E-state index in [1.807, 2.05) is 18.7 Å². The smallest absolute Gasteiger partial charge is 0.301 e. The highest BCUT2D eigenvalue weighted by atomic mass is 16.6. The van der Waals surface area contributed by atoms with Crippen LogP contribution >= 0.6 is 0 Å². The lowest BCUT2D eigenvalue weighted by molar-refractivity contribution is -0.382. The number of hydrogen-bond acceptors (Lipinski definition) is 5. The fourth-order valence-electron chi connectivity index (χ4n) is 2.31. The quantitative estimate of drug-likeness (QED) is 0.669. The van der Waals surface area contributed by atoms with Crippen molar-refractivity contribution >= 4 is 22.3 Å². The van der Waals surface area contributed by atoms with E-state index in [0.29, 0.717) is 23.1 Å². The summed E-state index contributed by atoms with van der Waals surface area (Å²) in [5, 5.41) is 21.1. The number of pyridine rings is 1. The highest BCUT2D eigenvalue weighted by Gasteiger charge is 2.24. The summed E-state index contributed by atoms with van der Waals surface area (Å²) in [7, 11) is 0. The van der Waals surface area contributed by atoms with Crippen molar-refractivity contribution < 1.29 is 10.0 Å². The Balaban J connectivity index is 2.68. The predicted molar refractivity (Wildman–Crippen MR) is 78.0 cm³/mol. The van der Waals surface area contributed by atoms with Crippen LogP contribution < -0.4 is 4.90 Å². The molecule has 106 valence electrons. The summed E-state index contributed by atoms with van der Waals surface area (Å²) in [6.45, 7) is 4.17. The van der Waals surface area contributed by atoms with E-state index in [1.54, 1.807) is 30.5 Å². The molecular formula is C14H17N3O3. The van der Waals surface area contributed by atoms with Gasteiger partial charge in [-0.3, -0.25) is 15.1 Å². The largest absolute Gasteiger partial charge is 0.395 e. The van der Waals surface area contributed by atoms with Crippen LogP contribution in [0.5, 0.6) is 0 Å². The Morgan fingerprint density at radius 2 is 2.15 bits per heavy atom. The van der Waals surface area contributed by atoms with Crippen molar-refractivity contribution in [2.24, 2.45) is 0 Å². The van der Waals surface area contributed by atoms with Gasteiger partial charge in [-0.05, 0) is 38.1 Å². The molecule has 0 fully saturated rings. The predicted octanol–water partition coefficient (Wildman–Crippen LogP) is 2.35. The van der Waals surface area contributed by atoms with E-state index in [4.69, 9.17) is 5.11 Å². The number of anilines is 1. The van der Waals surface area contributed by atoms with E-state index < -0.39 is 0 Å². The molecule has 2 rings (SSSR count). The number of rotatable bonds is 5. The molecule has 0 radical (unpaired) electrons. The van der Waals surface area contributed by atoms with Crippen LogP contribution in [0.2, 0.25) is 0 Å². The van der Waals surface area contributed by atoms with E-state index in [9.17, 15) is 10.1 Å². The molecule has 1 aromatic heterocycles. The molecule has 0 unspecified atom stereocenters. The Kier molecular flexibility index (Phi) is 4.14. The number of aromatic nitrogens is 1. The van der Waals surface area contributed by atoms with E-state index in [2.05, 4.69) is 4.98 Å². The fourth-order valence-corrected chi connectivity index (χ4v) is 2.31. The van der Waals surface area contributed by atoms with Gasteiger partial charge >= 0.3 is 5.69 Å². The Hall–Kier alpha value is -2.21. The molecular weight excluding hydrogens is 258 g/mol. The van der Waals surface area contributed by atoms with Crippen LogP contribution in [0, 0.1) is 10.1 Å². The first-order valence-corrected chi connectivity index (χ1v) is 6.46. The van der Waals surface area contributed by atoms with Gasteiger partial charge in [0.1, 0.15) is 5.69 Å². The molecule has 0 bridgehead atoms. The second kappa shape index (κ2) is 5.83. The van der Waals surface area contributed by atoms with Crippen molar-refractivity contribution in [2.75, 3.05) is 18.1 Å². The molecule has 0 saturated carbocycles. The first kappa shape index (κ1) is 14.2. The van der Waals surface area contributed by atoms with Crippen molar-refractivity contribution in [1.82, 2.24) is 4.98 Å². The third-order valence-electron chi connectivity index (χ3n) is 3.19. The van der Waals surface area contributed by atoms with Gasteiger partial charge in [0, 0.05) is 18.8 Å². The van der Waals surface area contributed by atoms with Gasteiger partial charge in [0.05, 0.1) is 22.4 Å². The summed E-state index contributed by atoms with van der Waals surface area (Å²) in [6, 6.07) is 6.90. The third-order valence-corrected chi connectivity index (χ3v) is 3.19. The molecule has 1 N–H and O–H groups in total. The molecule has 0 saturated heterocycles.